The Balaban J connectivity index is 1.56. The molecule has 0 unspecified atom stereocenters. The summed E-state index contributed by atoms with van der Waals surface area (Å²) in [5.41, 5.74) is 3.20. The summed E-state index contributed by atoms with van der Waals surface area (Å²) in [5, 5.41) is 8.55. The van der Waals surface area contributed by atoms with E-state index in [0.717, 1.165) is 16.9 Å². The third kappa shape index (κ3) is 5.63. The normalized spacial score (nSPS) is 11.4. The van der Waals surface area contributed by atoms with Crippen LogP contribution in [0.1, 0.15) is 31.9 Å². The van der Waals surface area contributed by atoms with Crippen LogP contribution in [0.2, 0.25) is 0 Å². The first-order valence-corrected chi connectivity index (χ1v) is 10.7. The summed E-state index contributed by atoms with van der Waals surface area (Å²) >= 11 is 1.24. The third-order valence-electron chi connectivity index (χ3n) is 4.70. The number of ether oxygens (including phenoxy) is 1. The number of methoxy groups -OCH3 is 1. The fraction of sp³-hybridized carbons (Fsp3) is 0.348. The van der Waals surface area contributed by atoms with Crippen molar-refractivity contribution in [3.8, 4) is 17.2 Å². The smallest absolute Gasteiger partial charge is 0.277 e. The number of amides is 1. The van der Waals surface area contributed by atoms with Gasteiger partial charge in [0.2, 0.25) is 11.8 Å². The van der Waals surface area contributed by atoms with E-state index >= 15 is 0 Å². The van der Waals surface area contributed by atoms with Crippen molar-refractivity contribution in [1.29, 1.82) is 0 Å². The quantitative estimate of drug-likeness (QED) is 0.507. The van der Waals surface area contributed by atoms with Gasteiger partial charge in [0.25, 0.3) is 5.22 Å². The molecule has 0 bridgehead atoms. The van der Waals surface area contributed by atoms with Gasteiger partial charge in [-0.25, -0.2) is 0 Å². The van der Waals surface area contributed by atoms with Crippen LogP contribution < -0.4 is 4.74 Å². The van der Waals surface area contributed by atoms with E-state index in [-0.39, 0.29) is 17.1 Å². The molecule has 0 N–H and O–H groups in total. The molecule has 0 aliphatic carbocycles. The number of thioether (sulfide) groups is 1. The van der Waals surface area contributed by atoms with Crippen LogP contribution in [-0.4, -0.2) is 40.9 Å². The topological polar surface area (TPSA) is 68.5 Å². The Hall–Kier alpha value is -2.80. The van der Waals surface area contributed by atoms with Gasteiger partial charge in [-0.15, -0.1) is 10.2 Å². The van der Waals surface area contributed by atoms with Crippen molar-refractivity contribution in [3.05, 3.63) is 59.7 Å². The minimum Gasteiger partial charge on any atom is -0.497 e. The Kier molecular flexibility index (Phi) is 6.82. The Bertz CT molecular complexity index is 993. The fourth-order valence-electron chi connectivity index (χ4n) is 2.86. The number of benzene rings is 2. The average Bonchev–Trinajstić information content (AvgIpc) is 3.20. The summed E-state index contributed by atoms with van der Waals surface area (Å²) in [6.07, 6.45) is 0. The standard InChI is InChI=1S/C23H27N3O3S/c1-23(2,3)18-11-9-17(10-12-18)21-24-25-22(29-21)30-15-20(27)26(4)14-16-7-6-8-19(13-16)28-5/h6-13H,14-15H2,1-5H3. The molecule has 0 spiro atoms. The van der Waals surface area contributed by atoms with Crippen LogP contribution >= 0.6 is 11.8 Å². The number of rotatable bonds is 7. The number of carbonyl (C=O) groups excluding carboxylic acids is 1. The second kappa shape index (κ2) is 9.34. The van der Waals surface area contributed by atoms with Gasteiger partial charge in [0, 0.05) is 19.2 Å². The van der Waals surface area contributed by atoms with Crippen molar-refractivity contribution in [3.63, 3.8) is 0 Å². The molecule has 30 heavy (non-hydrogen) atoms. The van der Waals surface area contributed by atoms with Gasteiger partial charge in [-0.2, -0.15) is 0 Å². The van der Waals surface area contributed by atoms with Crippen LogP contribution in [0.3, 0.4) is 0 Å². The highest BCUT2D eigenvalue weighted by Crippen LogP contribution is 2.27. The summed E-state index contributed by atoms with van der Waals surface area (Å²) in [4.78, 5) is 14.1. The highest BCUT2D eigenvalue weighted by molar-refractivity contribution is 7.99. The molecule has 0 saturated heterocycles. The molecule has 2 aromatic carbocycles. The van der Waals surface area contributed by atoms with Crippen molar-refractivity contribution in [2.24, 2.45) is 0 Å². The van der Waals surface area contributed by atoms with Crippen molar-refractivity contribution >= 4 is 17.7 Å². The molecule has 0 radical (unpaired) electrons. The molecule has 3 aromatic rings. The van der Waals surface area contributed by atoms with Crippen LogP contribution in [0.4, 0.5) is 0 Å². The fourth-order valence-corrected chi connectivity index (χ4v) is 3.57. The summed E-state index contributed by atoms with van der Waals surface area (Å²) in [5.74, 6) is 1.44. The molecule has 0 atom stereocenters. The van der Waals surface area contributed by atoms with Gasteiger partial charge in [0.15, 0.2) is 0 Å². The first-order chi connectivity index (χ1) is 14.3. The maximum Gasteiger partial charge on any atom is 0.277 e. The Morgan fingerprint density at radius 2 is 1.87 bits per heavy atom. The maximum absolute atomic E-state index is 12.5. The van der Waals surface area contributed by atoms with Crippen molar-refractivity contribution in [2.75, 3.05) is 19.9 Å². The zero-order chi connectivity index (χ0) is 21.7. The molecule has 6 nitrogen and oxygen atoms in total. The largest absolute Gasteiger partial charge is 0.497 e. The minimum atomic E-state index is -0.0166. The first-order valence-electron chi connectivity index (χ1n) is 9.70. The lowest BCUT2D eigenvalue weighted by Crippen LogP contribution is -2.27. The summed E-state index contributed by atoms with van der Waals surface area (Å²) in [6, 6.07) is 15.8. The first kappa shape index (κ1) is 21.9. The number of carbonyl (C=O) groups is 1. The zero-order valence-electron chi connectivity index (χ0n) is 18.0. The van der Waals surface area contributed by atoms with E-state index < -0.39 is 0 Å². The van der Waals surface area contributed by atoms with Crippen LogP contribution in [0, 0.1) is 0 Å². The van der Waals surface area contributed by atoms with E-state index in [2.05, 4.69) is 43.1 Å². The van der Waals surface area contributed by atoms with E-state index in [1.807, 2.05) is 36.4 Å². The van der Waals surface area contributed by atoms with Gasteiger partial charge in [0.1, 0.15) is 5.75 Å². The predicted molar refractivity (Wildman–Crippen MR) is 119 cm³/mol. The molecule has 158 valence electrons. The Morgan fingerprint density at radius 3 is 2.53 bits per heavy atom. The zero-order valence-corrected chi connectivity index (χ0v) is 18.8. The SMILES string of the molecule is COc1cccc(CN(C)C(=O)CSc2nnc(-c3ccc(C(C)(C)C)cc3)o2)c1. The molecular formula is C23H27N3O3S. The van der Waals surface area contributed by atoms with Gasteiger partial charge < -0.3 is 14.1 Å². The van der Waals surface area contributed by atoms with Gasteiger partial charge in [-0.1, -0.05) is 56.8 Å². The lowest BCUT2D eigenvalue weighted by atomic mass is 9.87. The number of hydrogen-bond donors (Lipinski definition) is 0. The molecule has 1 amide bonds. The number of nitrogens with zero attached hydrogens (tertiary/aromatic N) is 3. The lowest BCUT2D eigenvalue weighted by molar-refractivity contribution is -0.127. The average molecular weight is 426 g/mol. The van der Waals surface area contributed by atoms with E-state index in [1.165, 1.54) is 17.3 Å². The van der Waals surface area contributed by atoms with Crippen LogP contribution in [0.25, 0.3) is 11.5 Å². The van der Waals surface area contributed by atoms with Crippen LogP contribution in [-0.2, 0) is 16.8 Å². The van der Waals surface area contributed by atoms with Gasteiger partial charge in [-0.05, 0) is 40.8 Å². The monoisotopic (exact) mass is 425 g/mol. The van der Waals surface area contributed by atoms with E-state index in [1.54, 1.807) is 19.1 Å². The van der Waals surface area contributed by atoms with Crippen LogP contribution in [0.5, 0.6) is 5.75 Å². The molecule has 0 saturated carbocycles. The van der Waals surface area contributed by atoms with Crippen molar-refractivity contribution in [1.82, 2.24) is 15.1 Å². The highest BCUT2D eigenvalue weighted by atomic mass is 32.2. The van der Waals surface area contributed by atoms with E-state index in [4.69, 9.17) is 9.15 Å². The summed E-state index contributed by atoms with van der Waals surface area (Å²) in [7, 11) is 3.40. The molecule has 0 aliphatic heterocycles. The van der Waals surface area contributed by atoms with Gasteiger partial charge in [0.05, 0.1) is 12.9 Å². The minimum absolute atomic E-state index is 0.0166. The summed E-state index contributed by atoms with van der Waals surface area (Å²) in [6.45, 7) is 7.02. The van der Waals surface area contributed by atoms with Gasteiger partial charge >= 0.3 is 0 Å². The molecule has 0 fully saturated rings. The van der Waals surface area contributed by atoms with Crippen molar-refractivity contribution < 1.29 is 13.9 Å². The molecular weight excluding hydrogens is 398 g/mol. The molecule has 7 heteroatoms. The molecule has 1 aromatic heterocycles. The lowest BCUT2D eigenvalue weighted by Gasteiger charge is -2.18. The maximum atomic E-state index is 12.5. The van der Waals surface area contributed by atoms with Gasteiger partial charge in [-0.3, -0.25) is 4.79 Å². The van der Waals surface area contributed by atoms with E-state index in [9.17, 15) is 4.79 Å². The number of hydrogen-bond acceptors (Lipinski definition) is 6. The second-order valence-corrected chi connectivity index (χ2v) is 9.02. The molecule has 1 heterocycles. The molecule has 0 aliphatic rings. The highest BCUT2D eigenvalue weighted by Gasteiger charge is 2.16. The van der Waals surface area contributed by atoms with Crippen molar-refractivity contribution in [2.45, 2.75) is 38.0 Å². The Labute approximate surface area is 181 Å². The second-order valence-electron chi connectivity index (χ2n) is 8.09. The van der Waals surface area contributed by atoms with E-state index in [0.29, 0.717) is 17.7 Å². The predicted octanol–water partition coefficient (Wildman–Crippen LogP) is 4.79. The Morgan fingerprint density at radius 1 is 1.13 bits per heavy atom. The van der Waals surface area contributed by atoms with Crippen LogP contribution in [0.15, 0.2) is 58.2 Å². The molecule has 3 rings (SSSR count). The number of aromatic nitrogens is 2. The third-order valence-corrected chi connectivity index (χ3v) is 5.51. The summed E-state index contributed by atoms with van der Waals surface area (Å²) < 4.78 is 11.0.